The number of hydrogen-bond acceptors (Lipinski definition) is 3. The maximum Gasteiger partial charge on any atom is 0.104 e. The van der Waals surface area contributed by atoms with Crippen LogP contribution in [0.4, 0.5) is 5.69 Å². The number of aryl methyl sites for hydroxylation is 3. The highest BCUT2D eigenvalue weighted by atomic mass is 32.2. The molecule has 1 aromatic carbocycles. The number of nitrogen functional groups attached to an aromatic ring is 1. The van der Waals surface area contributed by atoms with Crippen molar-refractivity contribution >= 4 is 17.4 Å². The number of benzene rings is 1. The van der Waals surface area contributed by atoms with E-state index in [9.17, 15) is 0 Å². The average Bonchev–Trinajstić information content (AvgIpc) is 2.27. The van der Waals surface area contributed by atoms with E-state index in [-0.39, 0.29) is 0 Å². The number of anilines is 1. The van der Waals surface area contributed by atoms with Crippen molar-refractivity contribution in [2.75, 3.05) is 5.73 Å². The Balaban J connectivity index is 2.28. The predicted octanol–water partition coefficient (Wildman–Crippen LogP) is 3.74. The van der Waals surface area contributed by atoms with Crippen LogP contribution >= 0.6 is 11.8 Å². The van der Waals surface area contributed by atoms with E-state index >= 15 is 0 Å². The molecule has 0 radical (unpaired) electrons. The van der Waals surface area contributed by atoms with E-state index in [4.69, 9.17) is 5.73 Å². The van der Waals surface area contributed by atoms with Gasteiger partial charge in [-0.3, -0.25) is 0 Å². The summed E-state index contributed by atoms with van der Waals surface area (Å²) >= 11 is 1.68. The molecular formula is C14H16N2S. The summed E-state index contributed by atoms with van der Waals surface area (Å²) in [6.07, 6.45) is 1.70. The Labute approximate surface area is 106 Å². The largest absolute Gasteiger partial charge is 0.397 e. The van der Waals surface area contributed by atoms with Crippen LogP contribution in [-0.2, 0) is 0 Å². The van der Waals surface area contributed by atoms with Gasteiger partial charge in [-0.05, 0) is 55.7 Å². The Kier molecular flexibility index (Phi) is 3.38. The summed E-state index contributed by atoms with van der Waals surface area (Å²) in [6, 6.07) is 8.42. The van der Waals surface area contributed by atoms with Crippen molar-refractivity contribution in [2.24, 2.45) is 0 Å². The lowest BCUT2D eigenvalue weighted by Crippen LogP contribution is -1.91. The van der Waals surface area contributed by atoms with Crippen LogP contribution in [-0.4, -0.2) is 4.98 Å². The molecule has 88 valence electrons. The highest BCUT2D eigenvalue weighted by molar-refractivity contribution is 7.99. The van der Waals surface area contributed by atoms with Crippen LogP contribution in [0.1, 0.15) is 16.7 Å². The summed E-state index contributed by atoms with van der Waals surface area (Å²) in [4.78, 5) is 5.58. The van der Waals surface area contributed by atoms with Crippen molar-refractivity contribution in [2.45, 2.75) is 30.7 Å². The average molecular weight is 244 g/mol. The van der Waals surface area contributed by atoms with Crippen molar-refractivity contribution in [3.05, 3.63) is 47.2 Å². The smallest absolute Gasteiger partial charge is 0.104 e. The van der Waals surface area contributed by atoms with Gasteiger partial charge in [-0.15, -0.1) is 0 Å². The van der Waals surface area contributed by atoms with Gasteiger partial charge in [0.15, 0.2) is 0 Å². The summed E-state index contributed by atoms with van der Waals surface area (Å²) in [5.41, 5.74) is 10.2. The standard InChI is InChI=1S/C14H16N2S/c1-9-4-5-13(7-10(9)2)17-14-11(3)6-12(15)8-16-14/h4-8H,15H2,1-3H3. The molecule has 17 heavy (non-hydrogen) atoms. The van der Waals surface area contributed by atoms with E-state index in [2.05, 4.69) is 37.0 Å². The van der Waals surface area contributed by atoms with Gasteiger partial charge in [0.25, 0.3) is 0 Å². The first-order valence-electron chi connectivity index (χ1n) is 5.53. The third-order valence-electron chi connectivity index (χ3n) is 2.74. The maximum absolute atomic E-state index is 5.69. The first kappa shape index (κ1) is 12.0. The van der Waals surface area contributed by atoms with Crippen molar-refractivity contribution in [3.8, 4) is 0 Å². The summed E-state index contributed by atoms with van der Waals surface area (Å²) in [5, 5.41) is 1.02. The SMILES string of the molecule is Cc1ccc(Sc2ncc(N)cc2C)cc1C. The molecule has 1 heterocycles. The molecule has 0 bridgehead atoms. The molecule has 0 aliphatic carbocycles. The third-order valence-corrected chi connectivity index (χ3v) is 3.85. The molecule has 3 heteroatoms. The Hall–Kier alpha value is -1.48. The number of nitrogens with two attached hydrogens (primary N) is 1. The topological polar surface area (TPSA) is 38.9 Å². The number of pyridine rings is 1. The highest BCUT2D eigenvalue weighted by Crippen LogP contribution is 2.30. The van der Waals surface area contributed by atoms with Gasteiger partial charge in [-0.2, -0.15) is 0 Å². The minimum Gasteiger partial charge on any atom is -0.397 e. The van der Waals surface area contributed by atoms with Gasteiger partial charge in [-0.1, -0.05) is 17.8 Å². The summed E-state index contributed by atoms with van der Waals surface area (Å²) in [6.45, 7) is 6.28. The van der Waals surface area contributed by atoms with Crippen LogP contribution < -0.4 is 5.73 Å². The fourth-order valence-electron chi connectivity index (χ4n) is 1.58. The molecule has 0 unspecified atom stereocenters. The molecule has 2 nitrogen and oxygen atoms in total. The van der Waals surface area contributed by atoms with Crippen LogP contribution in [0.5, 0.6) is 0 Å². The number of aromatic nitrogens is 1. The van der Waals surface area contributed by atoms with Gasteiger partial charge in [0.2, 0.25) is 0 Å². The number of rotatable bonds is 2. The monoisotopic (exact) mass is 244 g/mol. The van der Waals surface area contributed by atoms with Gasteiger partial charge in [-0.25, -0.2) is 4.98 Å². The lowest BCUT2D eigenvalue weighted by Gasteiger charge is -2.07. The van der Waals surface area contributed by atoms with E-state index < -0.39 is 0 Å². The quantitative estimate of drug-likeness (QED) is 0.874. The Bertz CT molecular complexity index is 550. The zero-order chi connectivity index (χ0) is 12.4. The zero-order valence-corrected chi connectivity index (χ0v) is 11.1. The highest BCUT2D eigenvalue weighted by Gasteiger charge is 2.04. The van der Waals surface area contributed by atoms with E-state index in [0.29, 0.717) is 5.69 Å². The summed E-state index contributed by atoms with van der Waals surface area (Å²) in [5.74, 6) is 0. The number of hydrogen-bond donors (Lipinski definition) is 1. The second-order valence-electron chi connectivity index (χ2n) is 4.24. The van der Waals surface area contributed by atoms with Crippen LogP contribution in [0.25, 0.3) is 0 Å². The molecule has 0 atom stereocenters. The molecule has 2 rings (SSSR count). The van der Waals surface area contributed by atoms with Crippen LogP contribution in [0.15, 0.2) is 40.4 Å². The number of nitrogens with zero attached hydrogens (tertiary/aromatic N) is 1. The molecular weight excluding hydrogens is 228 g/mol. The van der Waals surface area contributed by atoms with E-state index in [1.54, 1.807) is 18.0 Å². The molecule has 0 spiro atoms. The predicted molar refractivity (Wildman–Crippen MR) is 73.4 cm³/mol. The normalized spacial score (nSPS) is 10.5. The summed E-state index contributed by atoms with van der Waals surface area (Å²) in [7, 11) is 0. The van der Waals surface area contributed by atoms with Gasteiger partial charge in [0.1, 0.15) is 5.03 Å². The van der Waals surface area contributed by atoms with Gasteiger partial charge in [0.05, 0.1) is 11.9 Å². The Morgan fingerprint density at radius 1 is 1.00 bits per heavy atom. The van der Waals surface area contributed by atoms with Gasteiger partial charge < -0.3 is 5.73 Å². The van der Waals surface area contributed by atoms with Crippen molar-refractivity contribution < 1.29 is 0 Å². The second-order valence-corrected chi connectivity index (χ2v) is 5.30. The fraction of sp³-hybridized carbons (Fsp3) is 0.214. The molecule has 0 aliphatic rings. The lowest BCUT2D eigenvalue weighted by atomic mass is 10.1. The van der Waals surface area contributed by atoms with Gasteiger partial charge in [0, 0.05) is 4.90 Å². The molecule has 2 N–H and O–H groups in total. The van der Waals surface area contributed by atoms with Crippen LogP contribution in [0.3, 0.4) is 0 Å². The fourth-order valence-corrected chi connectivity index (χ4v) is 2.50. The minimum atomic E-state index is 0.715. The van der Waals surface area contributed by atoms with E-state index in [1.165, 1.54) is 16.0 Å². The zero-order valence-electron chi connectivity index (χ0n) is 10.3. The molecule has 0 saturated carbocycles. The first-order valence-corrected chi connectivity index (χ1v) is 6.35. The molecule has 2 aromatic rings. The lowest BCUT2D eigenvalue weighted by molar-refractivity contribution is 1.08. The van der Waals surface area contributed by atoms with Crippen molar-refractivity contribution in [1.29, 1.82) is 0 Å². The van der Waals surface area contributed by atoms with Crippen LogP contribution in [0.2, 0.25) is 0 Å². The molecule has 1 aromatic heterocycles. The first-order chi connectivity index (χ1) is 8.06. The Morgan fingerprint density at radius 2 is 1.76 bits per heavy atom. The third kappa shape index (κ3) is 2.80. The van der Waals surface area contributed by atoms with Crippen LogP contribution in [0, 0.1) is 20.8 Å². The maximum atomic E-state index is 5.69. The molecule has 0 saturated heterocycles. The molecule has 0 fully saturated rings. The minimum absolute atomic E-state index is 0.715. The van der Waals surface area contributed by atoms with E-state index in [0.717, 1.165) is 10.6 Å². The van der Waals surface area contributed by atoms with Gasteiger partial charge >= 0.3 is 0 Å². The van der Waals surface area contributed by atoms with Crippen molar-refractivity contribution in [1.82, 2.24) is 4.98 Å². The molecule has 0 amide bonds. The summed E-state index contributed by atoms with van der Waals surface area (Å²) < 4.78 is 0. The van der Waals surface area contributed by atoms with E-state index in [1.807, 2.05) is 13.0 Å². The molecule has 0 aliphatic heterocycles. The second kappa shape index (κ2) is 4.80. The van der Waals surface area contributed by atoms with Crippen molar-refractivity contribution in [3.63, 3.8) is 0 Å². The Morgan fingerprint density at radius 3 is 2.41 bits per heavy atom.